The van der Waals surface area contributed by atoms with E-state index in [2.05, 4.69) is 39.9 Å². The van der Waals surface area contributed by atoms with Crippen molar-refractivity contribution < 1.29 is 4.79 Å². The minimum Gasteiger partial charge on any atom is -0.302 e. The first-order valence-electron chi connectivity index (χ1n) is 10.2. The van der Waals surface area contributed by atoms with E-state index in [0.29, 0.717) is 17.6 Å². The highest BCUT2D eigenvalue weighted by molar-refractivity contribution is 5.86. The molecule has 2 rings (SSSR count). The highest BCUT2D eigenvalue weighted by Gasteiger charge is 2.37. The molecule has 2 aliphatic carbocycles. The number of carbonyl (C=O) groups excluding carboxylic acids is 1. The number of ketones is 1. The molecule has 0 heterocycles. The van der Waals surface area contributed by atoms with E-state index in [1.165, 1.54) is 51.4 Å². The Labute approximate surface area is 144 Å². The summed E-state index contributed by atoms with van der Waals surface area (Å²) < 4.78 is 0. The molecule has 2 aliphatic rings. The van der Waals surface area contributed by atoms with Crippen LogP contribution in [0.3, 0.4) is 0 Å². The summed E-state index contributed by atoms with van der Waals surface area (Å²) >= 11 is 0. The largest absolute Gasteiger partial charge is 0.302 e. The Balaban J connectivity index is 2.01. The molecule has 0 radical (unpaired) electrons. The summed E-state index contributed by atoms with van der Waals surface area (Å²) in [7, 11) is 0. The standard InChI is InChI=1S/C21H39NO/c1-6-15(2)19(20(23)16(3)18-12-7-8-13-18)22-21(4,5)14-17-10-9-11-17/h15-19,22H,6-14H2,1-5H3. The second kappa shape index (κ2) is 8.14. The zero-order valence-electron chi connectivity index (χ0n) is 16.2. The molecule has 0 aromatic carbocycles. The van der Waals surface area contributed by atoms with Gasteiger partial charge in [-0.25, -0.2) is 0 Å². The van der Waals surface area contributed by atoms with E-state index in [0.717, 1.165) is 12.3 Å². The van der Waals surface area contributed by atoms with E-state index in [4.69, 9.17) is 0 Å². The van der Waals surface area contributed by atoms with E-state index in [1.54, 1.807) is 0 Å². The lowest BCUT2D eigenvalue weighted by Crippen LogP contribution is -2.55. The van der Waals surface area contributed by atoms with Gasteiger partial charge in [0, 0.05) is 11.5 Å². The van der Waals surface area contributed by atoms with Gasteiger partial charge in [0.2, 0.25) is 0 Å². The van der Waals surface area contributed by atoms with Crippen LogP contribution in [0.15, 0.2) is 0 Å². The van der Waals surface area contributed by atoms with Gasteiger partial charge in [0.15, 0.2) is 5.78 Å². The molecular formula is C21H39NO. The maximum Gasteiger partial charge on any atom is 0.153 e. The van der Waals surface area contributed by atoms with Crippen LogP contribution in [0.5, 0.6) is 0 Å². The summed E-state index contributed by atoms with van der Waals surface area (Å²) in [5.74, 6) is 2.63. The molecule has 0 saturated heterocycles. The molecule has 23 heavy (non-hydrogen) atoms. The summed E-state index contributed by atoms with van der Waals surface area (Å²) in [5, 5.41) is 3.80. The maximum atomic E-state index is 13.2. The lowest BCUT2D eigenvalue weighted by molar-refractivity contribution is -0.128. The van der Waals surface area contributed by atoms with Crippen molar-refractivity contribution in [2.45, 2.75) is 104 Å². The fourth-order valence-corrected chi connectivity index (χ4v) is 4.60. The normalized spacial score (nSPS) is 24.2. The van der Waals surface area contributed by atoms with E-state index >= 15 is 0 Å². The van der Waals surface area contributed by atoms with Crippen LogP contribution in [0.1, 0.15) is 92.4 Å². The van der Waals surface area contributed by atoms with Crippen LogP contribution in [-0.2, 0) is 4.79 Å². The molecular weight excluding hydrogens is 282 g/mol. The second-order valence-corrected chi connectivity index (χ2v) is 9.13. The zero-order valence-corrected chi connectivity index (χ0v) is 16.2. The van der Waals surface area contributed by atoms with E-state index in [1.807, 2.05) is 0 Å². The summed E-state index contributed by atoms with van der Waals surface area (Å²) in [4.78, 5) is 13.2. The predicted molar refractivity (Wildman–Crippen MR) is 98.5 cm³/mol. The second-order valence-electron chi connectivity index (χ2n) is 9.13. The lowest BCUT2D eigenvalue weighted by atomic mass is 9.75. The van der Waals surface area contributed by atoms with Gasteiger partial charge in [0.25, 0.3) is 0 Å². The van der Waals surface area contributed by atoms with Crippen molar-refractivity contribution in [2.24, 2.45) is 23.7 Å². The van der Waals surface area contributed by atoms with Crippen LogP contribution in [0, 0.1) is 23.7 Å². The molecule has 0 aliphatic heterocycles. The van der Waals surface area contributed by atoms with Gasteiger partial charge in [-0.05, 0) is 50.9 Å². The number of hydrogen-bond acceptors (Lipinski definition) is 2. The van der Waals surface area contributed by atoms with Crippen molar-refractivity contribution in [2.75, 3.05) is 0 Å². The quantitative estimate of drug-likeness (QED) is 0.620. The first-order valence-corrected chi connectivity index (χ1v) is 10.2. The Morgan fingerprint density at radius 2 is 1.70 bits per heavy atom. The third-order valence-corrected chi connectivity index (χ3v) is 6.65. The van der Waals surface area contributed by atoms with Crippen LogP contribution in [0.25, 0.3) is 0 Å². The molecule has 134 valence electrons. The summed E-state index contributed by atoms with van der Waals surface area (Å²) in [5.41, 5.74) is 0.0737. The Hall–Kier alpha value is -0.370. The molecule has 2 nitrogen and oxygen atoms in total. The number of carbonyl (C=O) groups is 1. The maximum absolute atomic E-state index is 13.2. The van der Waals surface area contributed by atoms with Gasteiger partial charge in [0.05, 0.1) is 6.04 Å². The summed E-state index contributed by atoms with van der Waals surface area (Å²) in [6.45, 7) is 11.2. The average molecular weight is 322 g/mol. The molecule has 3 unspecified atom stereocenters. The van der Waals surface area contributed by atoms with Crippen molar-refractivity contribution in [1.29, 1.82) is 0 Å². The molecule has 2 fully saturated rings. The molecule has 3 atom stereocenters. The third-order valence-electron chi connectivity index (χ3n) is 6.65. The predicted octanol–water partition coefficient (Wildman–Crippen LogP) is 5.35. The van der Waals surface area contributed by atoms with Crippen LogP contribution in [0.2, 0.25) is 0 Å². The van der Waals surface area contributed by atoms with Crippen LogP contribution in [-0.4, -0.2) is 17.4 Å². The fourth-order valence-electron chi connectivity index (χ4n) is 4.60. The van der Waals surface area contributed by atoms with Gasteiger partial charge in [-0.2, -0.15) is 0 Å². The number of rotatable bonds is 9. The molecule has 0 aromatic heterocycles. The lowest BCUT2D eigenvalue weighted by Gasteiger charge is -2.40. The molecule has 0 spiro atoms. The van der Waals surface area contributed by atoms with Crippen molar-refractivity contribution in [3.05, 3.63) is 0 Å². The Bertz CT molecular complexity index is 379. The van der Waals surface area contributed by atoms with Gasteiger partial charge in [-0.15, -0.1) is 0 Å². The topological polar surface area (TPSA) is 29.1 Å². The van der Waals surface area contributed by atoms with Gasteiger partial charge in [-0.3, -0.25) is 4.79 Å². The molecule has 2 heteroatoms. The molecule has 0 bridgehead atoms. The number of Topliss-reactive ketones (excluding diaryl/α,β-unsaturated/α-hetero) is 1. The first-order chi connectivity index (χ1) is 10.8. The zero-order chi connectivity index (χ0) is 17.0. The molecule has 2 saturated carbocycles. The fraction of sp³-hybridized carbons (Fsp3) is 0.952. The minimum absolute atomic E-state index is 0.0330. The van der Waals surface area contributed by atoms with Gasteiger partial charge >= 0.3 is 0 Å². The Morgan fingerprint density at radius 3 is 2.17 bits per heavy atom. The van der Waals surface area contributed by atoms with Gasteiger partial charge in [0.1, 0.15) is 0 Å². The monoisotopic (exact) mass is 321 g/mol. The highest BCUT2D eigenvalue weighted by Crippen LogP contribution is 2.36. The highest BCUT2D eigenvalue weighted by atomic mass is 16.1. The molecule has 1 N–H and O–H groups in total. The molecule has 0 aromatic rings. The van der Waals surface area contributed by atoms with Crippen molar-refractivity contribution in [3.63, 3.8) is 0 Å². The number of nitrogens with one attached hydrogen (secondary N) is 1. The van der Waals surface area contributed by atoms with Crippen LogP contribution in [0.4, 0.5) is 0 Å². The Morgan fingerprint density at radius 1 is 1.09 bits per heavy atom. The third kappa shape index (κ3) is 5.05. The summed E-state index contributed by atoms with van der Waals surface area (Å²) in [6.07, 6.45) is 11.6. The van der Waals surface area contributed by atoms with E-state index < -0.39 is 0 Å². The Kier molecular flexibility index (Phi) is 6.71. The minimum atomic E-state index is 0.0330. The molecule has 0 amide bonds. The number of hydrogen-bond donors (Lipinski definition) is 1. The van der Waals surface area contributed by atoms with Crippen LogP contribution < -0.4 is 5.32 Å². The average Bonchev–Trinajstić information content (AvgIpc) is 3.01. The van der Waals surface area contributed by atoms with E-state index in [9.17, 15) is 4.79 Å². The smallest absolute Gasteiger partial charge is 0.153 e. The van der Waals surface area contributed by atoms with Crippen molar-refractivity contribution in [3.8, 4) is 0 Å². The van der Waals surface area contributed by atoms with Gasteiger partial charge < -0.3 is 5.32 Å². The van der Waals surface area contributed by atoms with Gasteiger partial charge in [-0.1, -0.05) is 59.3 Å². The van der Waals surface area contributed by atoms with Crippen LogP contribution >= 0.6 is 0 Å². The first kappa shape index (κ1) is 19.0. The van der Waals surface area contributed by atoms with E-state index in [-0.39, 0.29) is 17.5 Å². The van der Waals surface area contributed by atoms with Crippen molar-refractivity contribution >= 4 is 5.78 Å². The van der Waals surface area contributed by atoms with Crippen molar-refractivity contribution in [1.82, 2.24) is 5.32 Å². The SMILES string of the molecule is CCC(C)C(NC(C)(C)CC1CCC1)C(=O)C(C)C1CCCC1. The summed E-state index contributed by atoms with van der Waals surface area (Å²) in [6, 6.07) is 0.0330.